The van der Waals surface area contributed by atoms with Crippen molar-refractivity contribution in [2.24, 2.45) is 0 Å². The van der Waals surface area contributed by atoms with E-state index in [0.29, 0.717) is 6.10 Å². The number of methoxy groups -OCH3 is 1. The van der Waals surface area contributed by atoms with Gasteiger partial charge < -0.3 is 14.6 Å². The number of hydrogen-bond donors (Lipinski definition) is 1. The molecule has 3 heteroatoms. The third-order valence-corrected chi connectivity index (χ3v) is 4.40. The largest absolute Gasteiger partial charge is 0.490 e. The highest BCUT2D eigenvalue weighted by molar-refractivity contribution is 5.44. The topological polar surface area (TPSA) is 38.7 Å². The maximum Gasteiger partial charge on any atom is 0.123 e. The van der Waals surface area contributed by atoms with Crippen molar-refractivity contribution in [3.05, 3.63) is 29.3 Å². The van der Waals surface area contributed by atoms with Crippen LogP contribution in [0.5, 0.6) is 5.75 Å². The zero-order chi connectivity index (χ0) is 13.2. The summed E-state index contributed by atoms with van der Waals surface area (Å²) in [5, 5.41) is 9.92. The first kappa shape index (κ1) is 12.9. The monoisotopic (exact) mass is 262 g/mol. The van der Waals surface area contributed by atoms with Gasteiger partial charge in [-0.25, -0.2) is 0 Å². The number of aliphatic hydroxyl groups is 1. The summed E-state index contributed by atoms with van der Waals surface area (Å²) in [5.74, 6) is 0.968. The number of fused-ring (bicyclic) bond motifs is 1. The van der Waals surface area contributed by atoms with E-state index >= 15 is 0 Å². The summed E-state index contributed by atoms with van der Waals surface area (Å²) < 4.78 is 11.6. The van der Waals surface area contributed by atoms with Gasteiger partial charge in [-0.2, -0.15) is 0 Å². The van der Waals surface area contributed by atoms with Crippen molar-refractivity contribution >= 4 is 0 Å². The Morgan fingerprint density at radius 1 is 1.16 bits per heavy atom. The molecule has 1 aromatic rings. The molecule has 0 heterocycles. The van der Waals surface area contributed by atoms with Crippen LogP contribution < -0.4 is 4.74 Å². The van der Waals surface area contributed by atoms with Crippen LogP contribution in [0, 0.1) is 0 Å². The molecule has 0 saturated heterocycles. The first-order valence-corrected chi connectivity index (χ1v) is 7.27. The van der Waals surface area contributed by atoms with E-state index in [-0.39, 0.29) is 12.2 Å². The summed E-state index contributed by atoms with van der Waals surface area (Å²) >= 11 is 0. The number of benzene rings is 1. The van der Waals surface area contributed by atoms with E-state index in [1.54, 1.807) is 7.11 Å². The van der Waals surface area contributed by atoms with Crippen molar-refractivity contribution in [2.75, 3.05) is 7.11 Å². The molecule has 0 aromatic heterocycles. The molecule has 3 rings (SSSR count). The van der Waals surface area contributed by atoms with Crippen molar-refractivity contribution in [1.82, 2.24) is 0 Å². The third kappa shape index (κ3) is 2.63. The molecule has 104 valence electrons. The van der Waals surface area contributed by atoms with E-state index in [4.69, 9.17) is 9.47 Å². The molecule has 1 N–H and O–H groups in total. The van der Waals surface area contributed by atoms with Crippen molar-refractivity contribution in [1.29, 1.82) is 0 Å². The Balaban J connectivity index is 1.73. The van der Waals surface area contributed by atoms with Gasteiger partial charge in [0.15, 0.2) is 0 Å². The lowest BCUT2D eigenvalue weighted by Crippen LogP contribution is -2.29. The molecule has 1 saturated carbocycles. The zero-order valence-electron chi connectivity index (χ0n) is 11.5. The van der Waals surface area contributed by atoms with Gasteiger partial charge in [-0.15, -0.1) is 0 Å². The van der Waals surface area contributed by atoms with E-state index in [1.165, 1.54) is 12.0 Å². The van der Waals surface area contributed by atoms with Crippen LogP contribution in [0.25, 0.3) is 0 Å². The minimum absolute atomic E-state index is 0.253. The van der Waals surface area contributed by atoms with E-state index in [0.717, 1.165) is 43.4 Å². The highest BCUT2D eigenvalue weighted by Gasteiger charge is 2.27. The van der Waals surface area contributed by atoms with Gasteiger partial charge in [-0.1, -0.05) is 12.1 Å². The lowest BCUT2D eigenvalue weighted by atomic mass is 9.94. The predicted octanol–water partition coefficient (Wildman–Crippen LogP) is 3.00. The fourth-order valence-electron chi connectivity index (χ4n) is 3.31. The maximum atomic E-state index is 9.92. The van der Waals surface area contributed by atoms with Crippen LogP contribution in [0.3, 0.4) is 0 Å². The van der Waals surface area contributed by atoms with E-state index in [1.807, 2.05) is 18.2 Å². The van der Waals surface area contributed by atoms with Gasteiger partial charge in [0.25, 0.3) is 0 Å². The molecule has 1 fully saturated rings. The van der Waals surface area contributed by atoms with Gasteiger partial charge in [0.1, 0.15) is 11.9 Å². The number of ether oxygens (including phenoxy) is 2. The summed E-state index contributed by atoms with van der Waals surface area (Å²) in [4.78, 5) is 0. The fraction of sp³-hybridized carbons (Fsp3) is 0.625. The Morgan fingerprint density at radius 2 is 2.00 bits per heavy atom. The second kappa shape index (κ2) is 5.51. The van der Waals surface area contributed by atoms with Crippen molar-refractivity contribution < 1.29 is 14.6 Å². The van der Waals surface area contributed by atoms with E-state index < -0.39 is 0 Å². The van der Waals surface area contributed by atoms with E-state index in [9.17, 15) is 5.11 Å². The summed E-state index contributed by atoms with van der Waals surface area (Å²) in [5.41, 5.74) is 2.26. The van der Waals surface area contributed by atoms with Gasteiger partial charge in [0, 0.05) is 19.1 Å². The molecule has 0 aliphatic heterocycles. The van der Waals surface area contributed by atoms with Gasteiger partial charge in [-0.3, -0.25) is 0 Å². The zero-order valence-corrected chi connectivity index (χ0v) is 11.5. The van der Waals surface area contributed by atoms with Crippen molar-refractivity contribution in [3.63, 3.8) is 0 Å². The van der Waals surface area contributed by atoms with Gasteiger partial charge in [0.2, 0.25) is 0 Å². The molecule has 0 radical (unpaired) electrons. The Hall–Kier alpha value is -1.06. The van der Waals surface area contributed by atoms with Crippen LogP contribution in [0.15, 0.2) is 18.2 Å². The molecule has 0 bridgehead atoms. The second-order valence-electron chi connectivity index (χ2n) is 5.64. The molecule has 0 amide bonds. The average molecular weight is 262 g/mol. The van der Waals surface area contributed by atoms with Gasteiger partial charge in [-0.05, 0) is 43.7 Å². The number of rotatable bonds is 3. The molecule has 0 spiro atoms. The molecule has 19 heavy (non-hydrogen) atoms. The summed E-state index contributed by atoms with van der Waals surface area (Å²) in [6.45, 7) is 0. The number of hydrogen-bond acceptors (Lipinski definition) is 3. The average Bonchev–Trinajstić information content (AvgIpc) is 2.82. The first-order valence-electron chi connectivity index (χ1n) is 7.27. The smallest absolute Gasteiger partial charge is 0.123 e. The minimum atomic E-state index is -0.309. The molecule has 2 aliphatic rings. The van der Waals surface area contributed by atoms with Gasteiger partial charge in [0.05, 0.1) is 12.2 Å². The third-order valence-electron chi connectivity index (χ3n) is 4.40. The van der Waals surface area contributed by atoms with Crippen LogP contribution in [-0.2, 0) is 11.2 Å². The fourth-order valence-corrected chi connectivity index (χ4v) is 3.31. The Bertz CT molecular complexity index is 444. The van der Waals surface area contributed by atoms with Crippen LogP contribution in [0.1, 0.15) is 49.3 Å². The quantitative estimate of drug-likeness (QED) is 0.910. The van der Waals surface area contributed by atoms with Crippen molar-refractivity contribution in [2.45, 2.75) is 56.8 Å². The minimum Gasteiger partial charge on any atom is -0.490 e. The standard InChI is InChI=1S/C16H22O3/c1-18-11-4-2-5-12(10-11)19-16-7-3-6-13-14(16)8-9-15(13)17/h3,6-7,11-12,15,17H,2,4-5,8-10H2,1H3. The molecule has 3 atom stereocenters. The molecular weight excluding hydrogens is 240 g/mol. The summed E-state index contributed by atoms with van der Waals surface area (Å²) in [6, 6.07) is 6.03. The summed E-state index contributed by atoms with van der Waals surface area (Å²) in [6.07, 6.45) is 6.41. The lowest BCUT2D eigenvalue weighted by molar-refractivity contribution is 0.0207. The van der Waals surface area contributed by atoms with Crippen LogP contribution in [0.2, 0.25) is 0 Å². The van der Waals surface area contributed by atoms with E-state index in [2.05, 4.69) is 0 Å². The Morgan fingerprint density at radius 3 is 2.84 bits per heavy atom. The lowest BCUT2D eigenvalue weighted by Gasteiger charge is -2.29. The normalized spacial score (nSPS) is 30.1. The Kier molecular flexibility index (Phi) is 3.76. The summed E-state index contributed by atoms with van der Waals surface area (Å²) in [7, 11) is 1.78. The molecular formula is C16H22O3. The molecule has 1 aromatic carbocycles. The second-order valence-corrected chi connectivity index (χ2v) is 5.64. The molecule has 3 unspecified atom stereocenters. The highest BCUT2D eigenvalue weighted by atomic mass is 16.5. The van der Waals surface area contributed by atoms with Crippen LogP contribution >= 0.6 is 0 Å². The van der Waals surface area contributed by atoms with Crippen LogP contribution in [0.4, 0.5) is 0 Å². The highest BCUT2D eigenvalue weighted by Crippen LogP contribution is 2.38. The molecule has 2 aliphatic carbocycles. The maximum absolute atomic E-state index is 9.92. The van der Waals surface area contributed by atoms with Crippen LogP contribution in [-0.4, -0.2) is 24.4 Å². The first-order chi connectivity index (χ1) is 9.28. The number of aliphatic hydroxyl groups excluding tert-OH is 1. The predicted molar refractivity (Wildman–Crippen MR) is 73.4 cm³/mol. The molecule has 3 nitrogen and oxygen atoms in total. The van der Waals surface area contributed by atoms with Gasteiger partial charge >= 0.3 is 0 Å². The SMILES string of the molecule is COC1CCCC(Oc2cccc3c2CCC3O)C1. The van der Waals surface area contributed by atoms with Crippen molar-refractivity contribution in [3.8, 4) is 5.75 Å². The Labute approximate surface area is 114 Å².